The number of aryl methyl sites for hydroxylation is 1. The molecule has 0 spiro atoms. The van der Waals surface area contributed by atoms with Gasteiger partial charge >= 0.3 is 6.18 Å². The Kier molecular flexibility index (Phi) is 7.70. The first-order valence-electron chi connectivity index (χ1n) is 11.3. The molecule has 206 valence electrons. The predicted molar refractivity (Wildman–Crippen MR) is 123 cm³/mol. The average molecular weight is 557 g/mol. The van der Waals surface area contributed by atoms with E-state index in [1.54, 1.807) is 5.10 Å². The van der Waals surface area contributed by atoms with Crippen LogP contribution >= 0.6 is 0 Å². The second kappa shape index (κ2) is 10.8. The summed E-state index contributed by atoms with van der Waals surface area (Å²) in [6, 6.07) is 1.80. The summed E-state index contributed by atoms with van der Waals surface area (Å²) in [6.45, 7) is 1.36. The summed E-state index contributed by atoms with van der Waals surface area (Å²) in [6.07, 6.45) is -5.15. The molecule has 1 aromatic carbocycles. The first-order valence-corrected chi connectivity index (χ1v) is 11.3. The fourth-order valence-corrected chi connectivity index (χ4v) is 3.86. The first kappa shape index (κ1) is 27.7. The highest BCUT2D eigenvalue weighted by atomic mass is 19.4. The normalized spacial score (nSPS) is 12.7. The minimum atomic E-state index is -4.97. The maximum atomic E-state index is 14.9. The number of ether oxygens (including phenoxy) is 1. The van der Waals surface area contributed by atoms with E-state index in [-0.39, 0.29) is 41.5 Å². The van der Waals surface area contributed by atoms with Gasteiger partial charge in [0, 0.05) is 30.5 Å². The van der Waals surface area contributed by atoms with E-state index in [2.05, 4.69) is 15.1 Å². The molecular formula is C24H18F7N5O3. The van der Waals surface area contributed by atoms with Crippen molar-refractivity contribution in [2.24, 2.45) is 0 Å². The molecule has 3 heterocycles. The third-order valence-corrected chi connectivity index (χ3v) is 5.73. The number of aromatic nitrogens is 5. The number of fused-ring (bicyclic) bond motifs is 1. The number of rotatable bonds is 8. The molecule has 0 fully saturated rings. The second-order valence-electron chi connectivity index (χ2n) is 8.50. The minimum absolute atomic E-state index is 0.0826. The van der Waals surface area contributed by atoms with E-state index in [0.29, 0.717) is 0 Å². The molecule has 0 amide bonds. The van der Waals surface area contributed by atoms with Gasteiger partial charge in [-0.15, -0.1) is 0 Å². The van der Waals surface area contributed by atoms with Gasteiger partial charge in [0.05, 0.1) is 28.8 Å². The molecule has 8 nitrogen and oxygen atoms in total. The lowest BCUT2D eigenvalue weighted by Gasteiger charge is -2.18. The fourth-order valence-electron chi connectivity index (χ4n) is 3.86. The maximum Gasteiger partial charge on any atom is 0.425 e. The lowest BCUT2D eigenvalue weighted by Crippen LogP contribution is -2.26. The number of nitrogens with one attached hydrogen (secondary N) is 1. The number of H-pyrrole nitrogens is 1. The number of aromatic amines is 1. The van der Waals surface area contributed by atoms with Crippen molar-refractivity contribution in [3.05, 3.63) is 80.4 Å². The highest BCUT2D eigenvalue weighted by Gasteiger charge is 2.38. The molecule has 0 saturated carbocycles. The van der Waals surface area contributed by atoms with Crippen molar-refractivity contribution < 1.29 is 35.5 Å². The van der Waals surface area contributed by atoms with Crippen LogP contribution in [-0.4, -0.2) is 30.8 Å². The van der Waals surface area contributed by atoms with Crippen LogP contribution in [0.2, 0.25) is 0 Å². The average Bonchev–Trinajstić information content (AvgIpc) is 2.86. The Morgan fingerprint density at radius 2 is 1.72 bits per heavy atom. The summed E-state index contributed by atoms with van der Waals surface area (Å²) in [5.41, 5.74) is -4.51. The lowest BCUT2D eigenvalue weighted by atomic mass is 10.1. The van der Waals surface area contributed by atoms with Gasteiger partial charge in [0.2, 0.25) is 0 Å². The summed E-state index contributed by atoms with van der Waals surface area (Å²) in [5, 5.41) is 4.47. The van der Waals surface area contributed by atoms with Crippen LogP contribution in [0.3, 0.4) is 0 Å². The highest BCUT2D eigenvalue weighted by Crippen LogP contribution is 2.33. The zero-order valence-corrected chi connectivity index (χ0v) is 19.9. The summed E-state index contributed by atoms with van der Waals surface area (Å²) in [7, 11) is 0. The van der Waals surface area contributed by atoms with Crippen molar-refractivity contribution >= 4 is 10.8 Å². The van der Waals surface area contributed by atoms with Crippen LogP contribution in [0.25, 0.3) is 22.2 Å². The zero-order valence-electron chi connectivity index (χ0n) is 19.9. The fraction of sp³-hybridized carbons (Fsp3) is 0.292. The molecule has 15 heteroatoms. The molecule has 0 aliphatic rings. The molecule has 0 aliphatic heterocycles. The Balaban J connectivity index is 1.51. The second-order valence-corrected chi connectivity index (χ2v) is 8.50. The number of hydrogen-bond donors (Lipinski definition) is 1. The van der Waals surface area contributed by atoms with Gasteiger partial charge in [-0.1, -0.05) is 0 Å². The van der Waals surface area contributed by atoms with Crippen LogP contribution in [0.15, 0.2) is 46.5 Å². The quantitative estimate of drug-likeness (QED) is 0.305. The molecule has 1 atom stereocenters. The smallest absolute Gasteiger partial charge is 0.425 e. The predicted octanol–water partition coefficient (Wildman–Crippen LogP) is 5.02. The minimum Gasteiger partial charge on any atom is -0.488 e. The maximum absolute atomic E-state index is 14.9. The molecule has 0 aliphatic carbocycles. The Labute approximate surface area is 214 Å². The summed E-state index contributed by atoms with van der Waals surface area (Å²) in [4.78, 5) is 31.8. The summed E-state index contributed by atoms with van der Waals surface area (Å²) in [5.74, 6) is -2.90. The molecule has 0 radical (unpaired) electrons. The Morgan fingerprint density at radius 3 is 2.36 bits per heavy atom. The summed E-state index contributed by atoms with van der Waals surface area (Å²) >= 11 is 0. The third kappa shape index (κ3) is 5.91. The Bertz CT molecular complexity index is 1620. The lowest BCUT2D eigenvalue weighted by molar-refractivity contribution is -0.140. The van der Waals surface area contributed by atoms with E-state index in [9.17, 15) is 40.3 Å². The number of benzene rings is 1. The number of hydrogen-bond acceptors (Lipinski definition) is 6. The van der Waals surface area contributed by atoms with Crippen LogP contribution in [0.1, 0.15) is 37.3 Å². The number of pyridine rings is 1. The molecule has 1 N–H and O–H groups in total. The monoisotopic (exact) mass is 557 g/mol. The molecular weight excluding hydrogens is 539 g/mol. The van der Waals surface area contributed by atoms with Gasteiger partial charge in [0.15, 0.2) is 17.1 Å². The van der Waals surface area contributed by atoms with Crippen LogP contribution in [-0.2, 0) is 12.7 Å². The van der Waals surface area contributed by atoms with E-state index in [0.717, 1.165) is 41.5 Å². The summed E-state index contributed by atoms with van der Waals surface area (Å²) < 4.78 is 101. The van der Waals surface area contributed by atoms with Gasteiger partial charge < -0.3 is 9.30 Å². The first-order chi connectivity index (χ1) is 18.4. The van der Waals surface area contributed by atoms with Gasteiger partial charge in [0.25, 0.3) is 17.5 Å². The number of halogens is 7. The van der Waals surface area contributed by atoms with Crippen molar-refractivity contribution in [3.63, 3.8) is 0 Å². The Hall–Kier alpha value is -4.30. The van der Waals surface area contributed by atoms with Gasteiger partial charge in [-0.05, 0) is 31.9 Å². The topological polar surface area (TPSA) is 103 Å². The van der Waals surface area contributed by atoms with Crippen molar-refractivity contribution in [3.8, 4) is 17.1 Å². The molecule has 0 bridgehead atoms. The van der Waals surface area contributed by atoms with Gasteiger partial charge in [-0.3, -0.25) is 9.59 Å². The van der Waals surface area contributed by atoms with Gasteiger partial charge in [-0.25, -0.2) is 32.6 Å². The molecule has 3 aromatic heterocycles. The van der Waals surface area contributed by atoms with Crippen LogP contribution in [0.5, 0.6) is 5.75 Å². The van der Waals surface area contributed by atoms with Crippen LogP contribution < -0.4 is 15.9 Å². The largest absolute Gasteiger partial charge is 0.488 e. The van der Waals surface area contributed by atoms with E-state index in [1.807, 2.05) is 0 Å². The van der Waals surface area contributed by atoms with Gasteiger partial charge in [-0.2, -0.15) is 18.3 Å². The zero-order chi connectivity index (χ0) is 28.5. The number of alkyl halides is 5. The van der Waals surface area contributed by atoms with E-state index < -0.39 is 58.3 Å². The number of nitrogens with zero attached hydrogens (tertiary/aromatic N) is 4. The van der Waals surface area contributed by atoms with Gasteiger partial charge in [0.1, 0.15) is 11.6 Å². The standard InChI is InChI=1S/C24H18F7N5O3/c1-11(39-18-9-34-35-22(37)19(18)24(29,30)31)3-2-4-36-10-17(26)13-5-15(16(25)6-14(13)23(36)38)21-32-7-12(8-33-21)20(27)28/h5-11,20H,2-4H2,1H3,(H,35,37). The molecule has 1 unspecified atom stereocenters. The Morgan fingerprint density at radius 1 is 1.03 bits per heavy atom. The molecule has 39 heavy (non-hydrogen) atoms. The van der Waals surface area contributed by atoms with Crippen molar-refractivity contribution in [2.75, 3.05) is 0 Å². The van der Waals surface area contributed by atoms with E-state index in [1.165, 1.54) is 6.92 Å². The van der Waals surface area contributed by atoms with Crippen molar-refractivity contribution in [1.29, 1.82) is 0 Å². The van der Waals surface area contributed by atoms with Crippen molar-refractivity contribution in [2.45, 2.75) is 45.0 Å². The van der Waals surface area contributed by atoms with Crippen LogP contribution in [0.4, 0.5) is 30.7 Å². The molecule has 0 saturated heterocycles. The van der Waals surface area contributed by atoms with E-state index >= 15 is 0 Å². The van der Waals surface area contributed by atoms with Crippen molar-refractivity contribution in [1.82, 2.24) is 24.7 Å². The molecule has 4 rings (SSSR count). The van der Waals surface area contributed by atoms with Crippen LogP contribution in [0, 0.1) is 11.6 Å². The highest BCUT2D eigenvalue weighted by molar-refractivity contribution is 5.86. The molecule has 4 aromatic rings. The van der Waals surface area contributed by atoms with E-state index in [4.69, 9.17) is 4.74 Å². The SMILES string of the molecule is CC(CCCn1cc(F)c2cc(-c3ncc(C(F)F)cn3)c(F)cc2c1=O)Oc1cn[nH]c(=O)c1C(F)(F)F. The third-order valence-electron chi connectivity index (χ3n) is 5.73.